The molecule has 0 aliphatic heterocycles. The second-order valence-corrected chi connectivity index (χ2v) is 6.82. The third kappa shape index (κ3) is 4.70. The van der Waals surface area contributed by atoms with Gasteiger partial charge in [0, 0.05) is 17.0 Å². The first-order chi connectivity index (χ1) is 13.6. The number of halogens is 1. The van der Waals surface area contributed by atoms with Gasteiger partial charge in [0.25, 0.3) is 0 Å². The average Bonchev–Trinajstić information content (AvgIpc) is 2.96. The Morgan fingerprint density at radius 1 is 1.18 bits per heavy atom. The highest BCUT2D eigenvalue weighted by Gasteiger charge is 2.17. The van der Waals surface area contributed by atoms with Crippen molar-refractivity contribution in [2.75, 3.05) is 6.61 Å². The van der Waals surface area contributed by atoms with E-state index in [9.17, 15) is 9.90 Å². The van der Waals surface area contributed by atoms with Crippen molar-refractivity contribution in [3.8, 4) is 11.6 Å². The molecule has 1 amide bonds. The summed E-state index contributed by atoms with van der Waals surface area (Å²) in [6, 6.07) is 14.3. The maximum atomic E-state index is 12.0. The number of fused-ring (bicyclic) bond motifs is 1. The van der Waals surface area contributed by atoms with Crippen LogP contribution < -0.4 is 4.74 Å². The summed E-state index contributed by atoms with van der Waals surface area (Å²) in [5.74, 6) is 0.0223. The second-order valence-electron chi connectivity index (χ2n) is 6.39. The molecule has 0 fully saturated rings. The zero-order valence-electron chi connectivity index (χ0n) is 15.6. The van der Waals surface area contributed by atoms with Crippen LogP contribution in [0.4, 0.5) is 5.69 Å². The molecule has 6 nitrogen and oxygen atoms in total. The summed E-state index contributed by atoms with van der Waals surface area (Å²) in [5.41, 5.74) is 1.03. The Hall–Kier alpha value is -2.86. The van der Waals surface area contributed by atoms with Crippen molar-refractivity contribution in [1.82, 2.24) is 4.57 Å². The third-order valence-corrected chi connectivity index (χ3v) is 4.56. The summed E-state index contributed by atoms with van der Waals surface area (Å²) in [4.78, 5) is 12.0. The molecule has 28 heavy (non-hydrogen) atoms. The minimum Gasteiger partial charge on any atom is -0.493 e. The average molecular weight is 400 g/mol. The van der Waals surface area contributed by atoms with E-state index >= 15 is 0 Å². The van der Waals surface area contributed by atoms with E-state index in [0.717, 1.165) is 24.8 Å². The molecular formula is C21H22ClN3O3. The molecule has 1 heterocycles. The summed E-state index contributed by atoms with van der Waals surface area (Å²) in [6.45, 7) is 2.53. The molecule has 3 rings (SSSR count). The van der Waals surface area contributed by atoms with Crippen LogP contribution in [0.1, 0.15) is 26.2 Å². The number of hydrogen-bond donors (Lipinski definition) is 1. The van der Waals surface area contributed by atoms with E-state index in [1.807, 2.05) is 18.2 Å². The number of rotatable bonds is 8. The summed E-state index contributed by atoms with van der Waals surface area (Å²) < 4.78 is 7.13. The summed E-state index contributed by atoms with van der Waals surface area (Å²) in [7, 11) is 0. The van der Waals surface area contributed by atoms with Gasteiger partial charge in [-0.1, -0.05) is 49.6 Å². The van der Waals surface area contributed by atoms with Gasteiger partial charge in [0.15, 0.2) is 12.3 Å². The molecule has 2 aromatic carbocycles. The fourth-order valence-corrected chi connectivity index (χ4v) is 3.10. The third-order valence-electron chi connectivity index (χ3n) is 4.33. The number of ether oxygens (including phenoxy) is 1. The van der Waals surface area contributed by atoms with Gasteiger partial charge in [0.05, 0.1) is 5.52 Å². The topological polar surface area (TPSA) is 76.2 Å². The van der Waals surface area contributed by atoms with Gasteiger partial charge in [0.1, 0.15) is 5.75 Å². The van der Waals surface area contributed by atoms with E-state index in [2.05, 4.69) is 17.2 Å². The Balaban J connectivity index is 1.80. The molecule has 0 bridgehead atoms. The molecule has 0 saturated carbocycles. The van der Waals surface area contributed by atoms with Gasteiger partial charge in [0.2, 0.25) is 5.88 Å². The van der Waals surface area contributed by atoms with Gasteiger partial charge < -0.3 is 14.4 Å². The smallest absolute Gasteiger partial charge is 0.302 e. The standard InChI is InChI=1S/C21H22ClN3O3/c1-2-3-7-12-25-18-13-15(22)10-11-17(18)20(21(25)27)24-23-19(26)14-28-16-8-5-4-6-9-16/h4-6,8-11,13,27H,2-3,7,12,14H2,1H3. The lowest BCUT2D eigenvalue weighted by Gasteiger charge is -2.06. The fourth-order valence-electron chi connectivity index (χ4n) is 2.93. The Kier molecular flexibility index (Phi) is 6.66. The molecule has 7 heteroatoms. The van der Waals surface area contributed by atoms with E-state index < -0.39 is 5.91 Å². The number of unbranched alkanes of at least 4 members (excludes halogenated alkanes) is 2. The highest BCUT2D eigenvalue weighted by Crippen LogP contribution is 2.40. The van der Waals surface area contributed by atoms with Crippen LogP contribution in [0.2, 0.25) is 5.02 Å². The van der Waals surface area contributed by atoms with Gasteiger partial charge in [-0.25, -0.2) is 0 Å². The first-order valence-electron chi connectivity index (χ1n) is 9.23. The number of carbonyl (C=O) groups excluding carboxylic acids is 1. The lowest BCUT2D eigenvalue weighted by Crippen LogP contribution is -2.07. The number of para-hydroxylation sites is 1. The van der Waals surface area contributed by atoms with Gasteiger partial charge in [-0.15, -0.1) is 10.2 Å². The summed E-state index contributed by atoms with van der Waals surface area (Å²) >= 11 is 6.12. The second kappa shape index (κ2) is 9.37. The van der Waals surface area contributed by atoms with Crippen LogP contribution in [-0.2, 0) is 11.3 Å². The molecule has 0 spiro atoms. The van der Waals surface area contributed by atoms with Crippen molar-refractivity contribution in [1.29, 1.82) is 0 Å². The molecule has 1 aromatic heterocycles. The highest BCUT2D eigenvalue weighted by molar-refractivity contribution is 6.31. The number of aryl methyl sites for hydroxylation is 1. The Morgan fingerprint density at radius 2 is 1.96 bits per heavy atom. The van der Waals surface area contributed by atoms with Crippen molar-refractivity contribution in [3.05, 3.63) is 53.6 Å². The van der Waals surface area contributed by atoms with E-state index in [-0.39, 0.29) is 18.2 Å². The molecule has 0 aliphatic rings. The van der Waals surface area contributed by atoms with E-state index in [4.69, 9.17) is 16.3 Å². The van der Waals surface area contributed by atoms with Crippen molar-refractivity contribution in [2.24, 2.45) is 10.2 Å². The van der Waals surface area contributed by atoms with Gasteiger partial charge in [-0.05, 0) is 36.8 Å². The quantitative estimate of drug-likeness (QED) is 0.379. The Labute approximate surface area is 168 Å². The predicted octanol–water partition coefficient (Wildman–Crippen LogP) is 5.88. The van der Waals surface area contributed by atoms with E-state index in [1.165, 1.54) is 0 Å². The van der Waals surface area contributed by atoms with Gasteiger partial charge >= 0.3 is 5.91 Å². The molecule has 0 unspecified atom stereocenters. The predicted molar refractivity (Wildman–Crippen MR) is 110 cm³/mol. The molecule has 0 atom stereocenters. The molecule has 0 saturated heterocycles. The molecule has 0 radical (unpaired) electrons. The number of nitrogens with zero attached hydrogens (tertiary/aromatic N) is 3. The van der Waals surface area contributed by atoms with Crippen LogP contribution in [-0.4, -0.2) is 22.2 Å². The van der Waals surface area contributed by atoms with Crippen LogP contribution in [0.15, 0.2) is 58.8 Å². The molecular weight excluding hydrogens is 378 g/mol. The van der Waals surface area contributed by atoms with Crippen LogP contribution in [0.25, 0.3) is 10.9 Å². The number of azo groups is 1. The Bertz CT molecular complexity index is 983. The highest BCUT2D eigenvalue weighted by atomic mass is 35.5. The Morgan fingerprint density at radius 3 is 2.71 bits per heavy atom. The zero-order chi connectivity index (χ0) is 19.9. The van der Waals surface area contributed by atoms with Gasteiger partial charge in [-0.2, -0.15) is 0 Å². The van der Waals surface area contributed by atoms with E-state index in [0.29, 0.717) is 22.7 Å². The number of carbonyl (C=O) groups is 1. The first kappa shape index (κ1) is 19.9. The molecule has 146 valence electrons. The maximum absolute atomic E-state index is 12.0. The number of hydrogen-bond acceptors (Lipinski definition) is 4. The number of amides is 1. The number of aromatic hydroxyl groups is 1. The van der Waals surface area contributed by atoms with Crippen molar-refractivity contribution >= 4 is 34.1 Å². The SMILES string of the molecule is CCCCCn1c(O)c(N=NC(=O)COc2ccccc2)c2ccc(Cl)cc21. The zero-order valence-corrected chi connectivity index (χ0v) is 16.4. The number of benzene rings is 2. The first-order valence-corrected chi connectivity index (χ1v) is 9.61. The summed E-state index contributed by atoms with van der Waals surface area (Å²) in [5, 5.41) is 19.6. The van der Waals surface area contributed by atoms with Crippen LogP contribution in [0, 0.1) is 0 Å². The lowest BCUT2D eigenvalue weighted by atomic mass is 10.2. The lowest BCUT2D eigenvalue weighted by molar-refractivity contribution is -0.120. The van der Waals surface area contributed by atoms with Gasteiger partial charge in [-0.3, -0.25) is 4.79 Å². The van der Waals surface area contributed by atoms with Crippen LogP contribution >= 0.6 is 11.6 Å². The number of aromatic nitrogens is 1. The van der Waals surface area contributed by atoms with Crippen LogP contribution in [0.3, 0.4) is 0 Å². The molecule has 0 aliphatic carbocycles. The molecule has 3 aromatic rings. The minimum absolute atomic E-state index is 0.0195. The van der Waals surface area contributed by atoms with Crippen molar-refractivity contribution in [2.45, 2.75) is 32.7 Å². The summed E-state index contributed by atoms with van der Waals surface area (Å²) in [6.07, 6.45) is 3.04. The minimum atomic E-state index is -0.538. The monoisotopic (exact) mass is 399 g/mol. The fraction of sp³-hybridized carbons (Fsp3) is 0.286. The van der Waals surface area contributed by atoms with Crippen LogP contribution in [0.5, 0.6) is 11.6 Å². The van der Waals surface area contributed by atoms with E-state index in [1.54, 1.807) is 34.9 Å². The van der Waals surface area contributed by atoms with Crippen molar-refractivity contribution < 1.29 is 14.6 Å². The largest absolute Gasteiger partial charge is 0.493 e. The molecule has 1 N–H and O–H groups in total. The van der Waals surface area contributed by atoms with Crippen molar-refractivity contribution in [3.63, 3.8) is 0 Å². The normalized spacial score (nSPS) is 11.4. The maximum Gasteiger partial charge on any atom is 0.302 e.